The van der Waals surface area contributed by atoms with Crippen LogP contribution in [-0.4, -0.2) is 18.0 Å². The van der Waals surface area contributed by atoms with Gasteiger partial charge >= 0.3 is 0 Å². The minimum absolute atomic E-state index is 1.33. The zero-order valence-corrected chi connectivity index (χ0v) is 5.77. The highest BCUT2D eigenvalue weighted by molar-refractivity contribution is 5.11. The molecule has 0 spiro atoms. The molecule has 0 saturated carbocycles. The van der Waals surface area contributed by atoms with Crippen molar-refractivity contribution < 1.29 is 0 Å². The van der Waals surface area contributed by atoms with Gasteiger partial charge in [-0.25, -0.2) is 0 Å². The van der Waals surface area contributed by atoms with Gasteiger partial charge in [-0.3, -0.25) is 0 Å². The van der Waals surface area contributed by atoms with Gasteiger partial charge < -0.3 is 4.90 Å². The zero-order valence-electron chi connectivity index (χ0n) is 5.77. The van der Waals surface area contributed by atoms with Crippen molar-refractivity contribution in [1.29, 1.82) is 0 Å². The summed E-state index contributed by atoms with van der Waals surface area (Å²) in [5, 5.41) is 0. The lowest BCUT2D eigenvalue weighted by Gasteiger charge is -2.26. The highest BCUT2D eigenvalue weighted by atomic mass is 15.2. The molecule has 0 aromatic heterocycles. The summed E-state index contributed by atoms with van der Waals surface area (Å²) in [6, 6.07) is 0. The molecule has 0 bridgehead atoms. The lowest BCUT2D eigenvalue weighted by atomic mass is 10.1. The molecule has 0 amide bonds. The maximum Gasteiger partial charge on any atom is 0.0175 e. The van der Waals surface area contributed by atoms with Crippen LogP contribution in [0.15, 0.2) is 11.8 Å². The fourth-order valence-corrected chi connectivity index (χ4v) is 1.56. The van der Waals surface area contributed by atoms with Gasteiger partial charge in [0.2, 0.25) is 0 Å². The normalized spacial score (nSPS) is 25.8. The van der Waals surface area contributed by atoms with E-state index in [1.807, 2.05) is 0 Å². The molecule has 1 saturated heterocycles. The van der Waals surface area contributed by atoms with E-state index in [1.165, 1.54) is 38.8 Å². The van der Waals surface area contributed by atoms with Crippen molar-refractivity contribution in [1.82, 2.24) is 4.90 Å². The van der Waals surface area contributed by atoms with E-state index in [-0.39, 0.29) is 0 Å². The molecule has 0 radical (unpaired) electrons. The molecule has 1 aliphatic carbocycles. The molecule has 2 rings (SSSR count). The molecule has 2 aliphatic rings. The molecular formula is C8H13N. The van der Waals surface area contributed by atoms with Crippen LogP contribution in [0.2, 0.25) is 0 Å². The molecule has 1 aliphatic heterocycles. The monoisotopic (exact) mass is 123 g/mol. The van der Waals surface area contributed by atoms with Crippen molar-refractivity contribution in [3.63, 3.8) is 0 Å². The first-order valence-electron chi connectivity index (χ1n) is 3.91. The molecular weight excluding hydrogens is 110 g/mol. The van der Waals surface area contributed by atoms with Crippen LogP contribution in [-0.2, 0) is 0 Å². The average molecular weight is 123 g/mol. The van der Waals surface area contributed by atoms with Crippen molar-refractivity contribution in [3.8, 4) is 0 Å². The largest absolute Gasteiger partial charge is 0.375 e. The Hall–Kier alpha value is -0.460. The summed E-state index contributed by atoms with van der Waals surface area (Å²) in [7, 11) is 0. The van der Waals surface area contributed by atoms with Crippen molar-refractivity contribution in [2.45, 2.75) is 25.7 Å². The van der Waals surface area contributed by atoms with Crippen LogP contribution in [0.4, 0.5) is 0 Å². The van der Waals surface area contributed by atoms with Crippen LogP contribution < -0.4 is 0 Å². The van der Waals surface area contributed by atoms with Crippen LogP contribution >= 0.6 is 0 Å². The van der Waals surface area contributed by atoms with Crippen LogP contribution in [0.5, 0.6) is 0 Å². The summed E-state index contributed by atoms with van der Waals surface area (Å²) >= 11 is 0. The summed E-state index contributed by atoms with van der Waals surface area (Å²) in [6.07, 6.45) is 7.87. The number of hydrogen-bond acceptors (Lipinski definition) is 1. The molecule has 1 heteroatoms. The Bertz CT molecular complexity index is 132. The topological polar surface area (TPSA) is 3.24 Å². The minimum Gasteiger partial charge on any atom is -0.375 e. The van der Waals surface area contributed by atoms with E-state index in [0.717, 1.165) is 0 Å². The van der Waals surface area contributed by atoms with Gasteiger partial charge in [0.25, 0.3) is 0 Å². The molecule has 0 unspecified atom stereocenters. The number of nitrogens with zero attached hydrogens (tertiary/aromatic N) is 1. The summed E-state index contributed by atoms with van der Waals surface area (Å²) in [5.74, 6) is 0. The number of allylic oxidation sites excluding steroid dienone is 2. The molecule has 1 heterocycles. The van der Waals surface area contributed by atoms with Crippen molar-refractivity contribution >= 4 is 0 Å². The summed E-state index contributed by atoms with van der Waals surface area (Å²) in [5.41, 5.74) is 1.62. The van der Waals surface area contributed by atoms with Crippen molar-refractivity contribution in [2.75, 3.05) is 13.1 Å². The van der Waals surface area contributed by atoms with Crippen LogP contribution in [0.25, 0.3) is 0 Å². The fourth-order valence-electron chi connectivity index (χ4n) is 1.56. The molecule has 1 nitrogen and oxygen atoms in total. The lowest BCUT2D eigenvalue weighted by Crippen LogP contribution is -2.21. The minimum atomic E-state index is 1.33. The lowest BCUT2D eigenvalue weighted by molar-refractivity contribution is 0.390. The van der Waals surface area contributed by atoms with Crippen LogP contribution in [0.3, 0.4) is 0 Å². The van der Waals surface area contributed by atoms with E-state index in [4.69, 9.17) is 0 Å². The van der Waals surface area contributed by atoms with E-state index in [1.54, 1.807) is 5.70 Å². The van der Waals surface area contributed by atoms with Gasteiger partial charge in [-0.1, -0.05) is 6.08 Å². The number of rotatable bonds is 1. The summed E-state index contributed by atoms with van der Waals surface area (Å²) < 4.78 is 0. The van der Waals surface area contributed by atoms with Crippen molar-refractivity contribution in [3.05, 3.63) is 11.8 Å². The molecule has 50 valence electrons. The SMILES string of the molecule is C1=C(N2CCCC2)CC1. The van der Waals surface area contributed by atoms with E-state index < -0.39 is 0 Å². The van der Waals surface area contributed by atoms with Gasteiger partial charge in [-0.2, -0.15) is 0 Å². The molecule has 9 heavy (non-hydrogen) atoms. The molecule has 0 aromatic carbocycles. The second-order valence-electron chi connectivity index (χ2n) is 2.93. The first-order valence-corrected chi connectivity index (χ1v) is 3.91. The van der Waals surface area contributed by atoms with Gasteiger partial charge in [0.05, 0.1) is 0 Å². The third kappa shape index (κ3) is 0.846. The Morgan fingerprint density at radius 1 is 1.22 bits per heavy atom. The predicted octanol–water partition coefficient (Wildman–Crippen LogP) is 1.76. The van der Waals surface area contributed by atoms with Gasteiger partial charge in [-0.15, -0.1) is 0 Å². The number of hydrogen-bond donors (Lipinski definition) is 0. The highest BCUT2D eigenvalue weighted by Crippen LogP contribution is 2.25. The maximum atomic E-state index is 2.53. The standard InChI is InChI=1S/C8H13N/c1-2-7-9(6-1)8-4-3-5-8/h4H,1-3,5-7H2. The molecule has 0 N–H and O–H groups in total. The zero-order chi connectivity index (χ0) is 6.10. The van der Waals surface area contributed by atoms with Gasteiger partial charge in [0, 0.05) is 18.8 Å². The Labute approximate surface area is 56.4 Å². The fraction of sp³-hybridized carbons (Fsp3) is 0.750. The van der Waals surface area contributed by atoms with Gasteiger partial charge in [0.1, 0.15) is 0 Å². The van der Waals surface area contributed by atoms with Crippen molar-refractivity contribution in [2.24, 2.45) is 0 Å². The quantitative estimate of drug-likeness (QED) is 0.513. The smallest absolute Gasteiger partial charge is 0.0175 e. The second kappa shape index (κ2) is 2.05. The third-order valence-electron chi connectivity index (χ3n) is 2.29. The molecule has 0 atom stereocenters. The average Bonchev–Trinajstić information content (AvgIpc) is 2.11. The Balaban J connectivity index is 1.96. The van der Waals surface area contributed by atoms with E-state index >= 15 is 0 Å². The van der Waals surface area contributed by atoms with Crippen LogP contribution in [0, 0.1) is 0 Å². The first-order chi connectivity index (χ1) is 4.47. The molecule has 0 aromatic rings. The Kier molecular flexibility index (Phi) is 1.22. The number of likely N-dealkylation sites (tertiary alicyclic amines) is 1. The highest BCUT2D eigenvalue weighted by Gasteiger charge is 2.17. The second-order valence-corrected chi connectivity index (χ2v) is 2.93. The summed E-state index contributed by atoms with van der Waals surface area (Å²) in [6.45, 7) is 2.65. The van der Waals surface area contributed by atoms with Crippen LogP contribution in [0.1, 0.15) is 25.7 Å². The predicted molar refractivity (Wildman–Crippen MR) is 38.1 cm³/mol. The van der Waals surface area contributed by atoms with E-state index in [2.05, 4.69) is 11.0 Å². The Morgan fingerprint density at radius 2 is 1.89 bits per heavy atom. The maximum absolute atomic E-state index is 2.53. The first kappa shape index (κ1) is 5.33. The van der Waals surface area contributed by atoms with E-state index in [0.29, 0.717) is 0 Å². The molecule has 1 fully saturated rings. The van der Waals surface area contributed by atoms with E-state index in [9.17, 15) is 0 Å². The van der Waals surface area contributed by atoms with Gasteiger partial charge in [0.15, 0.2) is 0 Å². The third-order valence-corrected chi connectivity index (χ3v) is 2.29. The summed E-state index contributed by atoms with van der Waals surface area (Å²) in [4.78, 5) is 2.53. The van der Waals surface area contributed by atoms with Gasteiger partial charge in [-0.05, 0) is 25.7 Å². The Morgan fingerprint density at radius 3 is 2.33 bits per heavy atom.